The molecule has 18 heteroatoms. The Morgan fingerprint density at radius 1 is 0.956 bits per heavy atom. The van der Waals surface area contributed by atoms with E-state index in [9.17, 15) is 31.6 Å². The quantitative estimate of drug-likeness (QED) is 0.195. The lowest BCUT2D eigenvalue weighted by molar-refractivity contribution is 0.0640. The predicted molar refractivity (Wildman–Crippen MR) is 165 cm³/mol. The number of carbonyl (C=O) groups excluding carboxylic acids is 2. The van der Waals surface area contributed by atoms with E-state index in [2.05, 4.69) is 20.5 Å². The maximum Gasteiger partial charge on any atom is 0.417 e. The molecule has 0 radical (unpaired) electrons. The van der Waals surface area contributed by atoms with Crippen molar-refractivity contribution in [2.24, 2.45) is 0 Å². The zero-order valence-corrected chi connectivity index (χ0v) is 26.1. The minimum atomic E-state index is -3.65. The molecule has 2 amide bonds. The number of ether oxygens (including phenoxy) is 2. The van der Waals surface area contributed by atoms with Crippen LogP contribution >= 0.6 is 23.2 Å². The van der Waals surface area contributed by atoms with Crippen molar-refractivity contribution in [3.8, 4) is 11.4 Å². The van der Waals surface area contributed by atoms with Crippen LogP contribution in [0.3, 0.4) is 0 Å². The van der Waals surface area contributed by atoms with Crippen molar-refractivity contribution in [1.29, 1.82) is 0 Å². The molecule has 13 nitrogen and oxygen atoms in total. The fourth-order valence-electron chi connectivity index (χ4n) is 3.53. The van der Waals surface area contributed by atoms with Gasteiger partial charge in [0.05, 0.1) is 34.3 Å². The Morgan fingerprint density at radius 2 is 1.60 bits per heavy atom. The molecule has 1 heterocycles. The maximum atomic E-state index is 12.8. The van der Waals surface area contributed by atoms with Crippen LogP contribution in [0.15, 0.2) is 71.5 Å². The van der Waals surface area contributed by atoms with Gasteiger partial charge in [-0.15, -0.1) is 5.10 Å². The van der Waals surface area contributed by atoms with Crippen molar-refractivity contribution in [2.45, 2.75) is 20.4 Å². The van der Waals surface area contributed by atoms with Crippen LogP contribution in [0.2, 0.25) is 10.0 Å². The number of benzene rings is 3. The fraction of sp³-hybridized carbons (Fsp3) is 0.185. The van der Waals surface area contributed by atoms with E-state index >= 15 is 0 Å². The average molecular weight is 688 g/mol. The average Bonchev–Trinajstić information content (AvgIpc) is 3.24. The summed E-state index contributed by atoms with van der Waals surface area (Å²) < 4.78 is 61.2. The van der Waals surface area contributed by atoms with Crippen LogP contribution in [0, 0.1) is 6.92 Å². The monoisotopic (exact) mass is 686 g/mol. The number of nitrogens with zero attached hydrogens (tertiary/aromatic N) is 3. The number of amides is 2. The van der Waals surface area contributed by atoms with Gasteiger partial charge >= 0.3 is 24.4 Å². The number of para-hydroxylation sites is 1. The van der Waals surface area contributed by atoms with Gasteiger partial charge in [0.15, 0.2) is 0 Å². The van der Waals surface area contributed by atoms with Gasteiger partial charge in [-0.2, -0.15) is 13.5 Å². The highest BCUT2D eigenvalue weighted by atomic mass is 35.5. The molecule has 0 spiro atoms. The summed E-state index contributed by atoms with van der Waals surface area (Å²) in [7, 11) is -3.65. The third-order valence-corrected chi connectivity index (χ3v) is 6.53. The second-order valence-electron chi connectivity index (χ2n) is 8.80. The zero-order chi connectivity index (χ0) is 33.3. The first-order chi connectivity index (χ1) is 21.2. The summed E-state index contributed by atoms with van der Waals surface area (Å²) in [4.78, 5) is 35.1. The molecule has 0 saturated carbocycles. The van der Waals surface area contributed by atoms with Crippen LogP contribution in [0.5, 0.6) is 5.75 Å². The van der Waals surface area contributed by atoms with Crippen molar-refractivity contribution >= 4 is 62.5 Å². The van der Waals surface area contributed by atoms with Crippen LogP contribution in [0.25, 0.3) is 5.69 Å². The molecule has 1 aromatic heterocycles. The highest BCUT2D eigenvalue weighted by Gasteiger charge is 2.21. The van der Waals surface area contributed by atoms with Crippen molar-refractivity contribution in [3.05, 3.63) is 93.1 Å². The highest BCUT2D eigenvalue weighted by molar-refractivity contribution is 7.92. The van der Waals surface area contributed by atoms with Crippen LogP contribution < -0.4 is 25.8 Å². The summed E-state index contributed by atoms with van der Waals surface area (Å²) in [6.45, 7) is 0.147. The SMILES string of the molecule is CCOC(=O)Nc1cccc(OC(=O)Nc2ccccc2)c1.Cc1nn(-c2cc(NS(C)(=O)=O)c(Cl)cc2Cl)c(=O)n1C(F)F. The fourth-order valence-corrected chi connectivity index (χ4v) is 4.66. The lowest BCUT2D eigenvalue weighted by Crippen LogP contribution is -2.25. The molecule has 0 unspecified atom stereocenters. The number of aromatic nitrogens is 3. The van der Waals surface area contributed by atoms with Gasteiger partial charge in [-0.1, -0.05) is 47.5 Å². The normalized spacial score (nSPS) is 10.8. The number of hydrogen-bond acceptors (Lipinski definition) is 8. The van der Waals surface area contributed by atoms with Crippen molar-refractivity contribution in [2.75, 3.05) is 28.2 Å². The Labute approximate surface area is 265 Å². The van der Waals surface area contributed by atoms with Gasteiger partial charge in [0.2, 0.25) is 10.0 Å². The molecule has 4 rings (SSSR count). The number of aryl methyl sites for hydroxylation is 1. The van der Waals surface area contributed by atoms with Gasteiger partial charge in [-0.25, -0.2) is 27.4 Å². The van der Waals surface area contributed by atoms with Gasteiger partial charge in [0, 0.05) is 17.4 Å². The second kappa shape index (κ2) is 15.4. The van der Waals surface area contributed by atoms with Crippen molar-refractivity contribution in [3.63, 3.8) is 0 Å². The van der Waals surface area contributed by atoms with Crippen LogP contribution in [0.1, 0.15) is 19.3 Å². The van der Waals surface area contributed by atoms with Crippen molar-refractivity contribution < 1.29 is 36.3 Å². The first-order valence-corrected chi connectivity index (χ1v) is 15.3. The highest BCUT2D eigenvalue weighted by Crippen LogP contribution is 2.31. The smallest absolute Gasteiger partial charge is 0.417 e. The molecule has 45 heavy (non-hydrogen) atoms. The second-order valence-corrected chi connectivity index (χ2v) is 11.4. The lowest BCUT2D eigenvalue weighted by Gasteiger charge is -2.10. The minimum absolute atomic E-state index is 0.0257. The summed E-state index contributed by atoms with van der Waals surface area (Å²) in [6.07, 6.45) is -0.271. The Morgan fingerprint density at radius 3 is 2.20 bits per heavy atom. The molecule has 0 bridgehead atoms. The molecule has 0 aliphatic heterocycles. The minimum Gasteiger partial charge on any atom is -0.450 e. The number of alkyl halides is 2. The molecule has 4 aromatic rings. The van der Waals surface area contributed by atoms with E-state index in [0.717, 1.165) is 12.3 Å². The number of hydrogen-bond donors (Lipinski definition) is 3. The van der Waals surface area contributed by atoms with Crippen LogP contribution in [-0.2, 0) is 14.8 Å². The topological polar surface area (TPSA) is 163 Å². The number of nitrogens with one attached hydrogen (secondary N) is 3. The molecule has 3 N–H and O–H groups in total. The molecule has 0 aliphatic rings. The van der Waals surface area contributed by atoms with E-state index < -0.39 is 34.4 Å². The number of sulfonamides is 1. The van der Waals surface area contributed by atoms with E-state index in [1.165, 1.54) is 19.1 Å². The number of carbonyl (C=O) groups is 2. The van der Waals surface area contributed by atoms with Gasteiger partial charge in [0.25, 0.3) is 0 Å². The summed E-state index contributed by atoms with van der Waals surface area (Å²) in [5.41, 5.74) is -0.164. The molecular weight excluding hydrogens is 661 g/mol. The van der Waals surface area contributed by atoms with Crippen molar-refractivity contribution in [1.82, 2.24) is 14.3 Å². The first kappa shape index (κ1) is 34.8. The van der Waals surface area contributed by atoms with E-state index in [-0.39, 0.29) is 38.4 Å². The van der Waals surface area contributed by atoms with Gasteiger partial charge in [0.1, 0.15) is 11.6 Å². The third-order valence-electron chi connectivity index (χ3n) is 5.32. The zero-order valence-electron chi connectivity index (χ0n) is 23.8. The molecule has 3 aromatic carbocycles. The molecular formula is C27H26Cl2F2N6O7S. The predicted octanol–water partition coefficient (Wildman–Crippen LogP) is 6.28. The maximum absolute atomic E-state index is 12.8. The molecule has 240 valence electrons. The van der Waals surface area contributed by atoms with Gasteiger partial charge in [-0.3, -0.25) is 15.4 Å². The van der Waals surface area contributed by atoms with E-state index in [1.54, 1.807) is 49.4 Å². The van der Waals surface area contributed by atoms with Gasteiger partial charge in [-0.05, 0) is 50.2 Å². The summed E-state index contributed by atoms with van der Waals surface area (Å²) in [5.74, 6) is 0.0800. The Balaban J connectivity index is 0.000000246. The summed E-state index contributed by atoms with van der Waals surface area (Å²) in [5, 5.41) is 8.76. The summed E-state index contributed by atoms with van der Waals surface area (Å²) >= 11 is 11.8. The number of anilines is 3. The van der Waals surface area contributed by atoms with Crippen LogP contribution in [0.4, 0.5) is 35.4 Å². The molecule has 0 aliphatic carbocycles. The van der Waals surface area contributed by atoms with E-state index in [0.29, 0.717) is 21.8 Å². The van der Waals surface area contributed by atoms with E-state index in [1.807, 2.05) is 6.07 Å². The van der Waals surface area contributed by atoms with E-state index in [4.69, 9.17) is 32.7 Å². The molecule has 0 fully saturated rings. The summed E-state index contributed by atoms with van der Waals surface area (Å²) in [6, 6.07) is 17.7. The Hall–Kier alpha value is -4.67. The molecule has 0 atom stereocenters. The molecule has 0 saturated heterocycles. The number of halogens is 4. The Bertz CT molecular complexity index is 1840. The number of rotatable bonds is 8. The van der Waals surface area contributed by atoms with Crippen LogP contribution in [-0.4, -0.2) is 47.8 Å². The largest absolute Gasteiger partial charge is 0.450 e. The van der Waals surface area contributed by atoms with Gasteiger partial charge < -0.3 is 9.47 Å². The standard InChI is InChI=1S/C16H16N2O4.C11H10Cl2F2N4O3S/c1-2-21-15(19)18-13-9-6-10-14(11-13)22-16(20)17-12-7-4-3-5-8-12;1-5-16-19(11(20)18(5)10(14)15)9-4-8(17-23(2,21)22)6(12)3-7(9)13/h3-11H,2H2,1H3,(H,17,20)(H,18,19);3-4,10,17H,1-2H3. The first-order valence-electron chi connectivity index (χ1n) is 12.7. The Kier molecular flexibility index (Phi) is 11.9. The third kappa shape index (κ3) is 10.2. The lowest BCUT2D eigenvalue weighted by atomic mass is 10.3.